The molecule has 4 nitrogen and oxygen atoms in total. The number of benzene rings is 1. The maximum absolute atomic E-state index is 11.5. The van der Waals surface area contributed by atoms with Crippen LogP contribution in [0.5, 0.6) is 0 Å². The van der Waals surface area contributed by atoms with Gasteiger partial charge in [-0.25, -0.2) is 0 Å². The third-order valence-electron chi connectivity index (χ3n) is 3.28. The highest BCUT2D eigenvalue weighted by atomic mass is 28.3. The third-order valence-corrected chi connectivity index (χ3v) is 4.98. The van der Waals surface area contributed by atoms with Crippen molar-refractivity contribution in [3.63, 3.8) is 0 Å². The number of rotatable bonds is 6. The summed E-state index contributed by atoms with van der Waals surface area (Å²) in [5.74, 6) is -0.405. The van der Waals surface area contributed by atoms with E-state index >= 15 is 0 Å². The number of nitrogens with two attached hydrogens (primary N) is 1. The summed E-state index contributed by atoms with van der Waals surface area (Å²) in [5.41, 5.74) is 6.83. The zero-order valence-corrected chi connectivity index (χ0v) is 13.3. The van der Waals surface area contributed by atoms with Gasteiger partial charge in [-0.2, -0.15) is 0 Å². The first-order valence-corrected chi connectivity index (χ1v) is 10.5. The molecule has 0 aliphatic carbocycles. The van der Waals surface area contributed by atoms with Gasteiger partial charge in [-0.15, -0.1) is 0 Å². The molecule has 5 heteroatoms. The Labute approximate surface area is 120 Å². The molecule has 0 bridgehead atoms. The van der Waals surface area contributed by atoms with E-state index in [1.54, 1.807) is 6.07 Å². The number of hydrogen-bond acceptors (Lipinski definition) is 2. The first-order chi connectivity index (χ1) is 9.38. The third kappa shape index (κ3) is 3.49. The van der Waals surface area contributed by atoms with E-state index in [4.69, 9.17) is 10.5 Å². The molecule has 2 N–H and O–H groups in total. The van der Waals surface area contributed by atoms with E-state index in [1.165, 1.54) is 0 Å². The molecule has 2 aromatic rings. The Balaban J connectivity index is 2.13. The normalized spacial score (nSPS) is 11.9. The van der Waals surface area contributed by atoms with E-state index in [0.29, 0.717) is 12.3 Å². The van der Waals surface area contributed by atoms with Gasteiger partial charge in [0.05, 0.1) is 11.1 Å². The Morgan fingerprint density at radius 2 is 2.05 bits per heavy atom. The summed E-state index contributed by atoms with van der Waals surface area (Å²) in [5, 5.41) is 1.01. The van der Waals surface area contributed by atoms with Gasteiger partial charge < -0.3 is 15.0 Å². The molecule has 108 valence electrons. The van der Waals surface area contributed by atoms with Crippen LogP contribution >= 0.6 is 0 Å². The van der Waals surface area contributed by atoms with Crippen molar-refractivity contribution >= 4 is 24.9 Å². The standard InChI is InChI=1S/C15H22N2O2Si/c1-20(2,3)10-9-19-11-17-8-7-12-5-4-6-13(14(12)17)15(16)18/h4-8H,9-11H2,1-3H3,(H2,16,18). The minimum atomic E-state index is -1.07. The Morgan fingerprint density at radius 3 is 2.70 bits per heavy atom. The van der Waals surface area contributed by atoms with E-state index in [-0.39, 0.29) is 0 Å². The molecule has 1 aromatic carbocycles. The molecule has 0 saturated heterocycles. The average Bonchev–Trinajstić information content (AvgIpc) is 2.76. The van der Waals surface area contributed by atoms with Crippen LogP contribution in [0.3, 0.4) is 0 Å². The van der Waals surface area contributed by atoms with Crippen LogP contribution in [-0.4, -0.2) is 25.2 Å². The van der Waals surface area contributed by atoms with Gasteiger partial charge in [0.25, 0.3) is 5.91 Å². The second-order valence-corrected chi connectivity index (χ2v) is 11.9. The number of carbonyl (C=O) groups is 1. The van der Waals surface area contributed by atoms with Crippen molar-refractivity contribution in [3.8, 4) is 0 Å². The number of primary amides is 1. The van der Waals surface area contributed by atoms with Crippen LogP contribution < -0.4 is 5.73 Å². The molecule has 1 heterocycles. The number of fused-ring (bicyclic) bond motifs is 1. The van der Waals surface area contributed by atoms with E-state index in [1.807, 2.05) is 29.0 Å². The van der Waals surface area contributed by atoms with Crippen molar-refractivity contribution in [1.82, 2.24) is 4.57 Å². The molecular formula is C15H22N2O2Si. The fourth-order valence-corrected chi connectivity index (χ4v) is 2.87. The summed E-state index contributed by atoms with van der Waals surface area (Å²) in [6.07, 6.45) is 1.94. The summed E-state index contributed by atoms with van der Waals surface area (Å²) < 4.78 is 7.69. The van der Waals surface area contributed by atoms with Crippen LogP contribution in [0.15, 0.2) is 30.5 Å². The van der Waals surface area contributed by atoms with Crippen LogP contribution in [0.1, 0.15) is 10.4 Å². The predicted molar refractivity (Wildman–Crippen MR) is 84.6 cm³/mol. The van der Waals surface area contributed by atoms with Gasteiger partial charge >= 0.3 is 0 Å². The molecule has 0 unspecified atom stereocenters. The molecule has 0 aliphatic heterocycles. The van der Waals surface area contributed by atoms with Crippen molar-refractivity contribution in [1.29, 1.82) is 0 Å². The highest BCUT2D eigenvalue weighted by molar-refractivity contribution is 6.76. The Bertz CT molecular complexity index is 614. The molecule has 0 atom stereocenters. The second-order valence-electron chi connectivity index (χ2n) is 6.24. The van der Waals surface area contributed by atoms with Crippen molar-refractivity contribution in [2.75, 3.05) is 6.61 Å². The molecule has 0 fully saturated rings. The van der Waals surface area contributed by atoms with Crippen LogP contribution in [-0.2, 0) is 11.5 Å². The lowest BCUT2D eigenvalue weighted by Crippen LogP contribution is -2.22. The number of para-hydroxylation sites is 1. The fourth-order valence-electron chi connectivity index (χ4n) is 2.11. The first-order valence-electron chi connectivity index (χ1n) is 6.84. The molecule has 0 saturated carbocycles. The fraction of sp³-hybridized carbons (Fsp3) is 0.400. The van der Waals surface area contributed by atoms with Crippen molar-refractivity contribution < 1.29 is 9.53 Å². The molecule has 0 radical (unpaired) electrons. The van der Waals surface area contributed by atoms with Gasteiger partial charge in [-0.1, -0.05) is 31.8 Å². The number of carbonyl (C=O) groups excluding carboxylic acids is 1. The molecule has 1 aromatic heterocycles. The Morgan fingerprint density at radius 1 is 1.30 bits per heavy atom. The molecule has 2 rings (SSSR count). The van der Waals surface area contributed by atoms with Crippen LogP contribution in [0.4, 0.5) is 0 Å². The van der Waals surface area contributed by atoms with Gasteiger partial charge in [0.15, 0.2) is 0 Å². The zero-order valence-electron chi connectivity index (χ0n) is 12.3. The number of amides is 1. The largest absolute Gasteiger partial charge is 0.366 e. The molecular weight excluding hydrogens is 268 g/mol. The van der Waals surface area contributed by atoms with Gasteiger partial charge in [0, 0.05) is 26.3 Å². The van der Waals surface area contributed by atoms with Crippen LogP contribution in [0.2, 0.25) is 25.7 Å². The summed E-state index contributed by atoms with van der Waals surface area (Å²) in [7, 11) is -1.07. The van der Waals surface area contributed by atoms with Crippen molar-refractivity contribution in [2.24, 2.45) is 5.73 Å². The molecule has 20 heavy (non-hydrogen) atoms. The monoisotopic (exact) mass is 290 g/mol. The van der Waals surface area contributed by atoms with Gasteiger partial charge in [0.1, 0.15) is 6.73 Å². The summed E-state index contributed by atoms with van der Waals surface area (Å²) >= 11 is 0. The predicted octanol–water partition coefficient (Wildman–Crippen LogP) is 3.05. The van der Waals surface area contributed by atoms with Gasteiger partial charge in [0.2, 0.25) is 0 Å². The van der Waals surface area contributed by atoms with E-state index in [0.717, 1.165) is 23.6 Å². The molecule has 1 amide bonds. The lowest BCUT2D eigenvalue weighted by molar-refractivity contribution is 0.0899. The summed E-state index contributed by atoms with van der Waals surface area (Å²) in [6, 6.07) is 8.68. The Kier molecular flexibility index (Phi) is 4.30. The Hall–Kier alpha value is -1.59. The second kappa shape index (κ2) is 5.81. The number of ether oxygens (including phenoxy) is 1. The van der Waals surface area contributed by atoms with Crippen LogP contribution in [0, 0.1) is 0 Å². The molecule has 0 spiro atoms. The first kappa shape index (κ1) is 14.8. The van der Waals surface area contributed by atoms with E-state index < -0.39 is 14.0 Å². The number of aromatic nitrogens is 1. The highest BCUT2D eigenvalue weighted by Gasteiger charge is 2.13. The van der Waals surface area contributed by atoms with Gasteiger partial charge in [-0.05, 0) is 18.2 Å². The lowest BCUT2D eigenvalue weighted by atomic mass is 10.1. The SMILES string of the molecule is C[Si](C)(C)CCOCn1ccc2cccc(C(N)=O)c21. The number of nitrogens with zero attached hydrogens (tertiary/aromatic N) is 1. The number of hydrogen-bond donors (Lipinski definition) is 1. The maximum Gasteiger partial charge on any atom is 0.250 e. The highest BCUT2D eigenvalue weighted by Crippen LogP contribution is 2.20. The minimum absolute atomic E-state index is 0.405. The zero-order chi connectivity index (χ0) is 14.8. The maximum atomic E-state index is 11.5. The van der Waals surface area contributed by atoms with E-state index in [2.05, 4.69) is 19.6 Å². The smallest absolute Gasteiger partial charge is 0.250 e. The van der Waals surface area contributed by atoms with Crippen molar-refractivity contribution in [2.45, 2.75) is 32.4 Å². The lowest BCUT2D eigenvalue weighted by Gasteiger charge is -2.16. The summed E-state index contributed by atoms with van der Waals surface area (Å²) in [6.45, 7) is 8.19. The van der Waals surface area contributed by atoms with Crippen LogP contribution in [0.25, 0.3) is 10.9 Å². The van der Waals surface area contributed by atoms with E-state index in [9.17, 15) is 4.79 Å². The van der Waals surface area contributed by atoms with Gasteiger partial charge in [-0.3, -0.25) is 4.79 Å². The quantitative estimate of drug-likeness (QED) is 0.656. The summed E-state index contributed by atoms with van der Waals surface area (Å²) in [4.78, 5) is 11.5. The average molecular weight is 290 g/mol. The van der Waals surface area contributed by atoms with Crippen molar-refractivity contribution in [3.05, 3.63) is 36.0 Å². The molecule has 0 aliphatic rings. The topological polar surface area (TPSA) is 57.2 Å². The minimum Gasteiger partial charge on any atom is -0.366 e.